The summed E-state index contributed by atoms with van der Waals surface area (Å²) in [7, 11) is 0. The van der Waals surface area contributed by atoms with Gasteiger partial charge in [0.25, 0.3) is 5.56 Å². The maximum atomic E-state index is 13.2. The number of rotatable bonds is 7. The van der Waals surface area contributed by atoms with Gasteiger partial charge < -0.3 is 4.74 Å². The first-order valence-electron chi connectivity index (χ1n) is 9.97. The molecule has 0 bridgehead atoms. The van der Waals surface area contributed by atoms with E-state index >= 15 is 0 Å². The number of benzene rings is 3. The van der Waals surface area contributed by atoms with Crippen LogP contribution in [0.5, 0.6) is 5.75 Å². The minimum absolute atomic E-state index is 0.0110. The molecule has 152 valence electrons. The number of thioether (sulfide) groups is 1. The van der Waals surface area contributed by atoms with Crippen LogP contribution in [0.15, 0.2) is 82.7 Å². The van der Waals surface area contributed by atoms with Gasteiger partial charge in [0.05, 0.1) is 24.1 Å². The topological polar surface area (TPSA) is 44.1 Å². The van der Waals surface area contributed by atoms with Gasteiger partial charge in [-0.1, -0.05) is 71.4 Å². The third kappa shape index (κ3) is 4.74. The Morgan fingerprint density at radius 2 is 1.57 bits per heavy atom. The van der Waals surface area contributed by atoms with Gasteiger partial charge in [-0.15, -0.1) is 0 Å². The molecule has 1 heterocycles. The van der Waals surface area contributed by atoms with E-state index in [0.717, 1.165) is 16.8 Å². The zero-order valence-corrected chi connectivity index (χ0v) is 18.0. The van der Waals surface area contributed by atoms with Crippen LogP contribution in [0.1, 0.15) is 16.7 Å². The van der Waals surface area contributed by atoms with Crippen LogP contribution in [0.2, 0.25) is 0 Å². The van der Waals surface area contributed by atoms with E-state index in [0.29, 0.717) is 29.4 Å². The van der Waals surface area contributed by atoms with Crippen molar-refractivity contribution in [2.75, 3.05) is 12.4 Å². The number of hydrogen-bond acceptors (Lipinski definition) is 4. The third-order valence-electron chi connectivity index (χ3n) is 4.89. The fraction of sp³-hybridized carbons (Fsp3) is 0.200. The van der Waals surface area contributed by atoms with Crippen molar-refractivity contribution >= 4 is 22.7 Å². The molecule has 0 aliphatic carbocycles. The first kappa shape index (κ1) is 20.2. The molecule has 30 heavy (non-hydrogen) atoms. The van der Waals surface area contributed by atoms with Gasteiger partial charge in [-0.25, -0.2) is 4.98 Å². The number of para-hydroxylation sites is 1. The lowest BCUT2D eigenvalue weighted by atomic mass is 10.1. The van der Waals surface area contributed by atoms with Crippen molar-refractivity contribution in [2.24, 2.45) is 0 Å². The van der Waals surface area contributed by atoms with Crippen LogP contribution in [0.4, 0.5) is 0 Å². The Labute approximate surface area is 180 Å². The van der Waals surface area contributed by atoms with Gasteiger partial charge >= 0.3 is 0 Å². The Bertz CT molecular complexity index is 1200. The standard InChI is InChI=1S/C25H24N2O2S/c1-18-7-11-20(12-8-18)17-27-24(28)22-5-3-4-6-23(22)26-25(27)30-16-15-29-21-13-9-19(2)10-14-21/h3-14H,15-17H2,1-2H3. The van der Waals surface area contributed by atoms with Crippen molar-refractivity contribution in [3.63, 3.8) is 0 Å². The smallest absolute Gasteiger partial charge is 0.262 e. The van der Waals surface area contributed by atoms with Crippen LogP contribution < -0.4 is 10.3 Å². The lowest BCUT2D eigenvalue weighted by Gasteiger charge is -2.14. The summed E-state index contributed by atoms with van der Waals surface area (Å²) in [6, 6.07) is 23.8. The Hall–Kier alpha value is -3.05. The molecule has 0 amide bonds. The second kappa shape index (κ2) is 9.18. The molecular formula is C25H24N2O2S. The number of aryl methyl sites for hydroxylation is 2. The maximum absolute atomic E-state index is 13.2. The predicted molar refractivity (Wildman–Crippen MR) is 124 cm³/mol. The van der Waals surface area contributed by atoms with Gasteiger partial charge in [0, 0.05) is 5.75 Å². The van der Waals surface area contributed by atoms with Gasteiger partial charge in [0.1, 0.15) is 5.75 Å². The van der Waals surface area contributed by atoms with Crippen LogP contribution in [-0.2, 0) is 6.54 Å². The fourth-order valence-corrected chi connectivity index (χ4v) is 4.02. The summed E-state index contributed by atoms with van der Waals surface area (Å²) in [5.41, 5.74) is 4.20. The summed E-state index contributed by atoms with van der Waals surface area (Å²) < 4.78 is 7.60. The van der Waals surface area contributed by atoms with Gasteiger partial charge in [-0.3, -0.25) is 9.36 Å². The van der Waals surface area contributed by atoms with Crippen molar-refractivity contribution in [3.05, 3.63) is 99.8 Å². The highest BCUT2D eigenvalue weighted by molar-refractivity contribution is 7.99. The number of fused-ring (bicyclic) bond motifs is 1. The molecule has 0 fully saturated rings. The second-order valence-corrected chi connectivity index (χ2v) is 8.36. The van der Waals surface area contributed by atoms with Gasteiger partial charge in [-0.05, 0) is 43.7 Å². The molecule has 0 unspecified atom stereocenters. The lowest BCUT2D eigenvalue weighted by molar-refractivity contribution is 0.343. The summed E-state index contributed by atoms with van der Waals surface area (Å²) in [5, 5.41) is 1.36. The van der Waals surface area contributed by atoms with Crippen LogP contribution in [0.3, 0.4) is 0 Å². The molecule has 0 radical (unpaired) electrons. The van der Waals surface area contributed by atoms with E-state index < -0.39 is 0 Å². The van der Waals surface area contributed by atoms with E-state index in [-0.39, 0.29) is 5.56 Å². The van der Waals surface area contributed by atoms with E-state index in [4.69, 9.17) is 9.72 Å². The summed E-state index contributed by atoms with van der Waals surface area (Å²) in [6.07, 6.45) is 0. The normalized spacial score (nSPS) is 11.0. The van der Waals surface area contributed by atoms with Crippen molar-refractivity contribution in [2.45, 2.75) is 25.5 Å². The van der Waals surface area contributed by atoms with E-state index in [1.54, 1.807) is 16.3 Å². The molecule has 0 spiro atoms. The molecule has 0 aliphatic rings. The molecule has 4 aromatic rings. The molecule has 0 aliphatic heterocycles. The van der Waals surface area contributed by atoms with Crippen molar-refractivity contribution < 1.29 is 4.74 Å². The summed E-state index contributed by atoms with van der Waals surface area (Å²) in [6.45, 7) is 5.15. The number of nitrogens with zero attached hydrogens (tertiary/aromatic N) is 2. The predicted octanol–water partition coefficient (Wildman–Crippen LogP) is 5.23. The van der Waals surface area contributed by atoms with Gasteiger partial charge in [0.15, 0.2) is 5.16 Å². The van der Waals surface area contributed by atoms with E-state index in [9.17, 15) is 4.79 Å². The van der Waals surface area contributed by atoms with Crippen molar-refractivity contribution in [1.82, 2.24) is 9.55 Å². The van der Waals surface area contributed by atoms with E-state index in [1.165, 1.54) is 11.1 Å². The molecule has 0 atom stereocenters. The van der Waals surface area contributed by atoms with Gasteiger partial charge in [-0.2, -0.15) is 0 Å². The number of aromatic nitrogens is 2. The minimum Gasteiger partial charge on any atom is -0.493 e. The van der Waals surface area contributed by atoms with Crippen LogP contribution in [0.25, 0.3) is 10.9 Å². The largest absolute Gasteiger partial charge is 0.493 e. The van der Waals surface area contributed by atoms with E-state index in [2.05, 4.69) is 38.1 Å². The monoisotopic (exact) mass is 416 g/mol. The zero-order chi connectivity index (χ0) is 20.9. The second-order valence-electron chi connectivity index (χ2n) is 7.30. The molecule has 3 aromatic carbocycles. The highest BCUT2D eigenvalue weighted by Crippen LogP contribution is 2.20. The van der Waals surface area contributed by atoms with Crippen LogP contribution in [0, 0.1) is 13.8 Å². The summed E-state index contributed by atoms with van der Waals surface area (Å²) >= 11 is 1.55. The average molecular weight is 417 g/mol. The minimum atomic E-state index is -0.0110. The molecule has 1 aromatic heterocycles. The SMILES string of the molecule is Cc1ccc(Cn2c(SCCOc3ccc(C)cc3)nc3ccccc3c2=O)cc1. The van der Waals surface area contributed by atoms with Gasteiger partial charge in [0.2, 0.25) is 0 Å². The first-order chi connectivity index (χ1) is 14.6. The summed E-state index contributed by atoms with van der Waals surface area (Å²) in [5.74, 6) is 1.55. The Kier molecular flexibility index (Phi) is 6.19. The Morgan fingerprint density at radius 3 is 2.30 bits per heavy atom. The molecule has 5 heteroatoms. The van der Waals surface area contributed by atoms with Crippen molar-refractivity contribution in [3.8, 4) is 5.75 Å². The average Bonchev–Trinajstić information content (AvgIpc) is 2.76. The highest BCUT2D eigenvalue weighted by atomic mass is 32.2. The quantitative estimate of drug-likeness (QED) is 0.235. The van der Waals surface area contributed by atoms with E-state index in [1.807, 2.05) is 48.5 Å². The molecule has 4 rings (SSSR count). The van der Waals surface area contributed by atoms with Crippen molar-refractivity contribution in [1.29, 1.82) is 0 Å². The maximum Gasteiger partial charge on any atom is 0.262 e. The molecule has 0 saturated carbocycles. The Balaban J connectivity index is 1.56. The zero-order valence-electron chi connectivity index (χ0n) is 17.2. The summed E-state index contributed by atoms with van der Waals surface area (Å²) in [4.78, 5) is 18.0. The number of ether oxygens (including phenoxy) is 1. The van der Waals surface area contributed by atoms with Crippen LogP contribution >= 0.6 is 11.8 Å². The molecule has 0 N–H and O–H groups in total. The molecular weight excluding hydrogens is 392 g/mol. The molecule has 0 saturated heterocycles. The fourth-order valence-electron chi connectivity index (χ4n) is 3.20. The lowest BCUT2D eigenvalue weighted by Crippen LogP contribution is -2.24. The molecule has 4 nitrogen and oxygen atoms in total. The number of hydrogen-bond donors (Lipinski definition) is 0. The third-order valence-corrected chi connectivity index (χ3v) is 5.83. The Morgan fingerprint density at radius 1 is 0.900 bits per heavy atom. The van der Waals surface area contributed by atoms with Crippen LogP contribution in [-0.4, -0.2) is 21.9 Å². The first-order valence-corrected chi connectivity index (χ1v) is 11.0. The highest BCUT2D eigenvalue weighted by Gasteiger charge is 2.12.